The smallest absolute Gasteiger partial charge is 0.287 e. The summed E-state index contributed by atoms with van der Waals surface area (Å²) in [5.41, 5.74) is 0.514. The van der Waals surface area contributed by atoms with Crippen molar-refractivity contribution in [1.82, 2.24) is 9.55 Å². The molecule has 1 aliphatic rings. The average molecular weight is 433 g/mol. The Balaban J connectivity index is 1.85. The van der Waals surface area contributed by atoms with E-state index in [9.17, 15) is 23.3 Å². The monoisotopic (exact) mass is 433 g/mol. The van der Waals surface area contributed by atoms with E-state index in [1.54, 1.807) is 40.7 Å². The van der Waals surface area contributed by atoms with Crippen molar-refractivity contribution in [2.45, 2.75) is 42.3 Å². The fraction of sp³-hybridized carbons (Fsp3) is 0.286. The van der Waals surface area contributed by atoms with Gasteiger partial charge in [-0.05, 0) is 31.0 Å². The molecule has 1 fully saturated rings. The van der Waals surface area contributed by atoms with Crippen molar-refractivity contribution in [2.24, 2.45) is 0 Å². The number of nitrogens with zero attached hydrogens (tertiary/aromatic N) is 3. The summed E-state index contributed by atoms with van der Waals surface area (Å²) in [5.74, 6) is 0. The Bertz CT molecular complexity index is 1080. The molecule has 4 rings (SSSR count). The first kappa shape index (κ1) is 20.5. The third-order valence-electron chi connectivity index (χ3n) is 5.09. The van der Waals surface area contributed by atoms with Crippen LogP contribution in [0.2, 0.25) is 0 Å². The van der Waals surface area contributed by atoms with Crippen molar-refractivity contribution >= 4 is 17.4 Å². The van der Waals surface area contributed by atoms with E-state index < -0.39 is 16.7 Å². The molecule has 1 saturated carbocycles. The highest BCUT2D eigenvalue weighted by molar-refractivity contribution is 7.99. The van der Waals surface area contributed by atoms with Crippen LogP contribution in [0.5, 0.6) is 0 Å². The minimum absolute atomic E-state index is 0.0886. The van der Waals surface area contributed by atoms with Crippen LogP contribution in [-0.2, 0) is 6.18 Å². The maximum atomic E-state index is 13.3. The van der Waals surface area contributed by atoms with E-state index in [1.807, 2.05) is 0 Å². The largest absolute Gasteiger partial charge is 0.416 e. The first-order chi connectivity index (χ1) is 14.3. The highest BCUT2D eigenvalue weighted by atomic mass is 32.2. The number of thioether (sulfide) groups is 1. The molecule has 9 heteroatoms. The van der Waals surface area contributed by atoms with Crippen molar-refractivity contribution < 1.29 is 18.1 Å². The predicted molar refractivity (Wildman–Crippen MR) is 109 cm³/mol. The van der Waals surface area contributed by atoms with Gasteiger partial charge in [0.15, 0.2) is 5.16 Å². The van der Waals surface area contributed by atoms with Gasteiger partial charge in [0.1, 0.15) is 0 Å². The van der Waals surface area contributed by atoms with Gasteiger partial charge in [0.05, 0.1) is 22.4 Å². The van der Waals surface area contributed by atoms with Gasteiger partial charge in [-0.3, -0.25) is 14.7 Å². The standard InChI is InChI=1S/C21H18F3N3O2S/c22-21(23,24)15-6-4-7-16(12-15)26-19(14-5-3-8-17(11-14)27(28)29)13-25-20(26)30-18-9-1-2-10-18/h3-8,11-13,18H,1-2,9-10H2. The molecule has 3 aromatic rings. The zero-order valence-electron chi connectivity index (χ0n) is 15.8. The van der Waals surface area contributed by atoms with Crippen LogP contribution in [0.4, 0.5) is 18.9 Å². The maximum absolute atomic E-state index is 13.3. The Morgan fingerprint density at radius 2 is 1.83 bits per heavy atom. The van der Waals surface area contributed by atoms with Gasteiger partial charge in [-0.15, -0.1) is 0 Å². The van der Waals surface area contributed by atoms with E-state index >= 15 is 0 Å². The first-order valence-electron chi connectivity index (χ1n) is 9.50. The molecular weight excluding hydrogens is 415 g/mol. The van der Waals surface area contributed by atoms with Gasteiger partial charge in [-0.2, -0.15) is 13.2 Å². The molecule has 0 unspecified atom stereocenters. The Kier molecular flexibility index (Phi) is 5.55. The van der Waals surface area contributed by atoms with Crippen LogP contribution in [0, 0.1) is 10.1 Å². The van der Waals surface area contributed by atoms with Crippen LogP contribution in [0.25, 0.3) is 16.9 Å². The second-order valence-electron chi connectivity index (χ2n) is 7.14. The lowest BCUT2D eigenvalue weighted by atomic mass is 10.1. The lowest BCUT2D eigenvalue weighted by Crippen LogP contribution is -2.07. The number of nitro groups is 1. The molecule has 1 heterocycles. The number of non-ortho nitro benzene ring substituents is 1. The zero-order valence-corrected chi connectivity index (χ0v) is 16.6. The quantitative estimate of drug-likeness (QED) is 0.340. The molecule has 1 aliphatic carbocycles. The first-order valence-corrected chi connectivity index (χ1v) is 10.4. The fourth-order valence-corrected chi connectivity index (χ4v) is 4.92. The number of imidazole rings is 1. The molecule has 0 spiro atoms. The van der Waals surface area contributed by atoms with Crippen LogP contribution in [0.15, 0.2) is 59.9 Å². The number of aromatic nitrogens is 2. The molecule has 0 amide bonds. The van der Waals surface area contributed by atoms with Crippen molar-refractivity contribution in [3.8, 4) is 16.9 Å². The maximum Gasteiger partial charge on any atom is 0.416 e. The Labute approximate surface area is 175 Å². The normalized spacial score (nSPS) is 14.9. The van der Waals surface area contributed by atoms with Gasteiger partial charge in [-0.25, -0.2) is 4.98 Å². The molecular formula is C21H18F3N3O2S. The second kappa shape index (κ2) is 8.14. The summed E-state index contributed by atoms with van der Waals surface area (Å²) in [6, 6.07) is 11.1. The number of halogens is 3. The topological polar surface area (TPSA) is 61.0 Å². The molecule has 30 heavy (non-hydrogen) atoms. The summed E-state index contributed by atoms with van der Waals surface area (Å²) in [6.07, 6.45) is 1.41. The number of alkyl halides is 3. The van der Waals surface area contributed by atoms with Crippen molar-refractivity contribution in [3.05, 3.63) is 70.4 Å². The molecule has 0 bridgehead atoms. The van der Waals surface area contributed by atoms with Gasteiger partial charge in [0.2, 0.25) is 0 Å². The highest BCUT2D eigenvalue weighted by Gasteiger charge is 2.31. The van der Waals surface area contributed by atoms with E-state index in [0.29, 0.717) is 27.4 Å². The van der Waals surface area contributed by atoms with Crippen LogP contribution in [0.3, 0.4) is 0 Å². The van der Waals surface area contributed by atoms with Crippen LogP contribution < -0.4 is 0 Å². The average Bonchev–Trinajstić information content (AvgIpc) is 3.38. The lowest BCUT2D eigenvalue weighted by molar-refractivity contribution is -0.384. The van der Waals surface area contributed by atoms with Gasteiger partial charge < -0.3 is 0 Å². The number of benzene rings is 2. The molecule has 0 saturated heterocycles. The Morgan fingerprint density at radius 1 is 1.10 bits per heavy atom. The number of rotatable bonds is 5. The fourth-order valence-electron chi connectivity index (χ4n) is 3.63. The van der Waals surface area contributed by atoms with Gasteiger partial charge >= 0.3 is 6.18 Å². The third kappa shape index (κ3) is 4.21. The van der Waals surface area contributed by atoms with Crippen LogP contribution in [-0.4, -0.2) is 19.7 Å². The van der Waals surface area contributed by atoms with E-state index in [-0.39, 0.29) is 5.69 Å². The predicted octanol–water partition coefficient (Wildman–Crippen LogP) is 6.50. The summed E-state index contributed by atoms with van der Waals surface area (Å²) in [6.45, 7) is 0. The number of nitro benzene ring substituents is 1. The van der Waals surface area contributed by atoms with E-state index in [4.69, 9.17) is 0 Å². The van der Waals surface area contributed by atoms with Crippen molar-refractivity contribution in [1.29, 1.82) is 0 Å². The zero-order chi connectivity index (χ0) is 21.3. The lowest BCUT2D eigenvalue weighted by Gasteiger charge is -2.16. The summed E-state index contributed by atoms with van der Waals surface area (Å²) in [7, 11) is 0. The molecule has 5 nitrogen and oxygen atoms in total. The molecule has 0 radical (unpaired) electrons. The van der Waals surface area contributed by atoms with Gasteiger partial charge in [0.25, 0.3) is 5.69 Å². The van der Waals surface area contributed by atoms with Crippen molar-refractivity contribution in [2.75, 3.05) is 0 Å². The minimum atomic E-state index is -4.47. The summed E-state index contributed by atoms with van der Waals surface area (Å²) >= 11 is 1.55. The Morgan fingerprint density at radius 3 is 2.53 bits per heavy atom. The molecule has 0 N–H and O–H groups in total. The van der Waals surface area contributed by atoms with Crippen LogP contribution in [0.1, 0.15) is 31.2 Å². The number of hydrogen-bond acceptors (Lipinski definition) is 4. The van der Waals surface area contributed by atoms with Crippen LogP contribution >= 0.6 is 11.8 Å². The summed E-state index contributed by atoms with van der Waals surface area (Å²) in [4.78, 5) is 15.2. The van der Waals surface area contributed by atoms with Gasteiger partial charge in [-0.1, -0.05) is 42.8 Å². The van der Waals surface area contributed by atoms with Crippen molar-refractivity contribution in [3.63, 3.8) is 0 Å². The molecule has 0 atom stereocenters. The highest BCUT2D eigenvalue weighted by Crippen LogP contribution is 2.39. The SMILES string of the molecule is O=[N+]([O-])c1cccc(-c2cnc(SC3CCCC3)n2-c2cccc(C(F)(F)F)c2)c1. The minimum Gasteiger partial charge on any atom is -0.287 e. The molecule has 0 aliphatic heterocycles. The molecule has 156 valence electrons. The summed E-state index contributed by atoms with van der Waals surface area (Å²) < 4.78 is 41.6. The van der Waals surface area contributed by atoms with E-state index in [0.717, 1.165) is 37.8 Å². The van der Waals surface area contributed by atoms with E-state index in [1.165, 1.54) is 18.2 Å². The molecule has 1 aromatic heterocycles. The number of hydrogen-bond donors (Lipinski definition) is 0. The van der Waals surface area contributed by atoms with E-state index in [2.05, 4.69) is 4.98 Å². The second-order valence-corrected chi connectivity index (χ2v) is 8.41. The molecule has 2 aromatic carbocycles. The Hall–Kier alpha value is -2.81. The third-order valence-corrected chi connectivity index (χ3v) is 6.39. The summed E-state index contributed by atoms with van der Waals surface area (Å²) in [5, 5.41) is 12.1. The van der Waals surface area contributed by atoms with Gasteiger partial charge in [0, 0.05) is 28.6 Å².